The molecule has 2 aliphatic heterocycles. The molecule has 1 N–H and O–H groups in total. The molecule has 2 heterocycles. The van der Waals surface area contributed by atoms with Crippen LogP contribution in [-0.4, -0.2) is 56.5 Å². The number of benzene rings is 1. The van der Waals surface area contributed by atoms with E-state index in [1.807, 2.05) is 0 Å². The number of carbonyl (C=O) groups excluding carboxylic acids is 1. The van der Waals surface area contributed by atoms with Gasteiger partial charge in [0.25, 0.3) is 0 Å². The largest absolute Gasteiger partial charge is 0.367 e. The van der Waals surface area contributed by atoms with Gasteiger partial charge in [-0.25, -0.2) is 4.39 Å². The van der Waals surface area contributed by atoms with Crippen LogP contribution in [0.5, 0.6) is 0 Å². The number of piperidine rings is 1. The van der Waals surface area contributed by atoms with Gasteiger partial charge in [0, 0.05) is 38.3 Å². The molecule has 0 aromatic heterocycles. The van der Waals surface area contributed by atoms with Gasteiger partial charge in [-0.2, -0.15) is 0 Å². The Morgan fingerprint density at radius 1 is 1.30 bits per heavy atom. The molecule has 2 saturated heterocycles. The maximum atomic E-state index is 14.2. The van der Waals surface area contributed by atoms with Gasteiger partial charge in [0.05, 0.1) is 5.69 Å². The van der Waals surface area contributed by atoms with Crippen LogP contribution in [0.2, 0.25) is 0 Å². The zero-order chi connectivity index (χ0) is 16.2. The molecule has 23 heavy (non-hydrogen) atoms. The Morgan fingerprint density at radius 3 is 2.70 bits per heavy atom. The van der Waals surface area contributed by atoms with E-state index in [-0.39, 0.29) is 11.6 Å². The molecule has 0 spiro atoms. The van der Waals surface area contributed by atoms with Gasteiger partial charge < -0.3 is 10.2 Å². The van der Waals surface area contributed by atoms with Crippen LogP contribution in [0.25, 0.3) is 0 Å². The second-order valence-corrected chi connectivity index (χ2v) is 6.72. The number of nitrogens with zero attached hydrogens (tertiary/aromatic N) is 2. The minimum absolute atomic E-state index is 0.0960. The molecule has 1 atom stereocenters. The molecular formula is C18H26FN3O. The fourth-order valence-corrected chi connectivity index (χ4v) is 3.60. The Labute approximate surface area is 137 Å². The van der Waals surface area contributed by atoms with Crippen molar-refractivity contribution < 1.29 is 9.18 Å². The van der Waals surface area contributed by atoms with Crippen molar-refractivity contribution in [3.63, 3.8) is 0 Å². The van der Waals surface area contributed by atoms with E-state index in [2.05, 4.69) is 15.1 Å². The van der Waals surface area contributed by atoms with Crippen LogP contribution in [0.1, 0.15) is 30.1 Å². The highest BCUT2D eigenvalue weighted by atomic mass is 19.1. The highest BCUT2D eigenvalue weighted by Gasteiger charge is 2.23. The van der Waals surface area contributed by atoms with E-state index >= 15 is 0 Å². The second kappa shape index (κ2) is 7.41. The minimum atomic E-state index is -0.289. The van der Waals surface area contributed by atoms with Crippen molar-refractivity contribution in [3.05, 3.63) is 29.6 Å². The Bertz CT molecular complexity index is 549. The first kappa shape index (κ1) is 16.4. The third-order valence-electron chi connectivity index (χ3n) is 4.98. The van der Waals surface area contributed by atoms with Crippen molar-refractivity contribution in [2.75, 3.05) is 50.7 Å². The standard InChI is InChI=1S/C18H26FN3O/c1-14(23)16-4-5-18(17(19)11-16)22-9-7-21(8-10-22)13-15-3-2-6-20-12-15/h4-5,11,15,20H,2-3,6-10,12-13H2,1H3. The number of anilines is 1. The summed E-state index contributed by atoms with van der Waals surface area (Å²) in [5, 5.41) is 3.47. The number of rotatable bonds is 4. The van der Waals surface area contributed by atoms with E-state index < -0.39 is 0 Å². The average Bonchev–Trinajstić information content (AvgIpc) is 2.56. The van der Waals surface area contributed by atoms with Gasteiger partial charge in [-0.05, 0) is 57.0 Å². The molecule has 1 aromatic rings. The van der Waals surface area contributed by atoms with Crippen molar-refractivity contribution in [2.45, 2.75) is 19.8 Å². The van der Waals surface area contributed by atoms with Crippen LogP contribution in [0.3, 0.4) is 0 Å². The maximum absolute atomic E-state index is 14.2. The van der Waals surface area contributed by atoms with Crippen LogP contribution < -0.4 is 10.2 Å². The predicted octanol–water partition coefficient (Wildman–Crippen LogP) is 2.15. The van der Waals surface area contributed by atoms with Crippen molar-refractivity contribution in [3.8, 4) is 0 Å². The normalized spacial score (nSPS) is 23.0. The molecule has 4 nitrogen and oxygen atoms in total. The predicted molar refractivity (Wildman–Crippen MR) is 90.7 cm³/mol. The summed E-state index contributed by atoms with van der Waals surface area (Å²) >= 11 is 0. The number of piperazine rings is 1. The fourth-order valence-electron chi connectivity index (χ4n) is 3.60. The highest BCUT2D eigenvalue weighted by molar-refractivity contribution is 5.94. The molecule has 0 bridgehead atoms. The number of carbonyl (C=O) groups is 1. The van der Waals surface area contributed by atoms with Crippen molar-refractivity contribution in [1.29, 1.82) is 0 Å². The van der Waals surface area contributed by atoms with Crippen molar-refractivity contribution >= 4 is 11.5 Å². The summed E-state index contributed by atoms with van der Waals surface area (Å²) in [6.07, 6.45) is 2.59. The van der Waals surface area contributed by atoms with Gasteiger partial charge in [-0.3, -0.25) is 9.69 Å². The quantitative estimate of drug-likeness (QED) is 0.863. The molecule has 3 rings (SSSR count). The zero-order valence-corrected chi connectivity index (χ0v) is 13.9. The summed E-state index contributed by atoms with van der Waals surface area (Å²) in [6.45, 7) is 8.53. The lowest BCUT2D eigenvalue weighted by Crippen LogP contribution is -2.49. The molecule has 0 aliphatic carbocycles. The Balaban J connectivity index is 1.55. The Kier molecular flexibility index (Phi) is 5.28. The second-order valence-electron chi connectivity index (χ2n) is 6.72. The van der Waals surface area contributed by atoms with E-state index in [0.717, 1.165) is 51.7 Å². The van der Waals surface area contributed by atoms with Gasteiger partial charge >= 0.3 is 0 Å². The molecule has 2 aliphatic rings. The summed E-state index contributed by atoms with van der Waals surface area (Å²) in [5.74, 6) is 0.367. The van der Waals surface area contributed by atoms with Gasteiger partial charge in [-0.15, -0.1) is 0 Å². The van der Waals surface area contributed by atoms with E-state index in [1.165, 1.54) is 25.8 Å². The number of nitrogens with one attached hydrogen (secondary N) is 1. The lowest BCUT2D eigenvalue weighted by molar-refractivity contribution is 0.101. The SMILES string of the molecule is CC(=O)c1ccc(N2CCN(CC3CCCNC3)CC2)c(F)c1. The lowest BCUT2D eigenvalue weighted by atomic mass is 9.99. The first-order valence-electron chi connectivity index (χ1n) is 8.62. The van der Waals surface area contributed by atoms with Crippen molar-refractivity contribution in [1.82, 2.24) is 10.2 Å². The van der Waals surface area contributed by atoms with E-state index in [9.17, 15) is 9.18 Å². The first-order valence-corrected chi connectivity index (χ1v) is 8.62. The number of ketones is 1. The van der Waals surface area contributed by atoms with Crippen LogP contribution in [-0.2, 0) is 0 Å². The van der Waals surface area contributed by atoms with Crippen LogP contribution in [0.4, 0.5) is 10.1 Å². The molecular weight excluding hydrogens is 293 g/mol. The number of hydrogen-bond acceptors (Lipinski definition) is 4. The van der Waals surface area contributed by atoms with Crippen molar-refractivity contribution in [2.24, 2.45) is 5.92 Å². The van der Waals surface area contributed by atoms with E-state index in [1.54, 1.807) is 12.1 Å². The monoisotopic (exact) mass is 319 g/mol. The molecule has 126 valence electrons. The van der Waals surface area contributed by atoms with E-state index in [4.69, 9.17) is 0 Å². The molecule has 2 fully saturated rings. The van der Waals surface area contributed by atoms with Crippen LogP contribution in [0.15, 0.2) is 18.2 Å². The maximum Gasteiger partial charge on any atom is 0.159 e. The van der Waals surface area contributed by atoms with Crippen LogP contribution >= 0.6 is 0 Å². The first-order chi connectivity index (χ1) is 11.1. The fraction of sp³-hybridized carbons (Fsp3) is 0.611. The average molecular weight is 319 g/mol. The minimum Gasteiger partial charge on any atom is -0.367 e. The smallest absolute Gasteiger partial charge is 0.159 e. The van der Waals surface area contributed by atoms with Crippen LogP contribution in [0, 0.1) is 11.7 Å². The lowest BCUT2D eigenvalue weighted by Gasteiger charge is -2.38. The van der Waals surface area contributed by atoms with Gasteiger partial charge in [0.15, 0.2) is 5.78 Å². The van der Waals surface area contributed by atoms with Gasteiger partial charge in [0.1, 0.15) is 5.82 Å². The summed E-state index contributed by atoms with van der Waals surface area (Å²) in [5.41, 5.74) is 1.06. The molecule has 0 amide bonds. The van der Waals surface area contributed by atoms with Gasteiger partial charge in [0.2, 0.25) is 0 Å². The zero-order valence-electron chi connectivity index (χ0n) is 13.9. The third kappa shape index (κ3) is 4.09. The topological polar surface area (TPSA) is 35.6 Å². The van der Waals surface area contributed by atoms with Gasteiger partial charge in [-0.1, -0.05) is 0 Å². The molecule has 0 saturated carbocycles. The Morgan fingerprint density at radius 2 is 2.09 bits per heavy atom. The molecule has 1 unspecified atom stereocenters. The summed E-state index contributed by atoms with van der Waals surface area (Å²) in [7, 11) is 0. The third-order valence-corrected chi connectivity index (χ3v) is 4.98. The Hall–Kier alpha value is -1.46. The molecule has 0 radical (unpaired) electrons. The summed E-state index contributed by atoms with van der Waals surface area (Å²) < 4.78 is 14.2. The summed E-state index contributed by atoms with van der Waals surface area (Å²) in [6, 6.07) is 4.82. The molecule has 5 heteroatoms. The highest BCUT2D eigenvalue weighted by Crippen LogP contribution is 2.23. The number of Topliss-reactive ketones (excluding diaryl/α,β-unsaturated/α-hetero) is 1. The molecule has 1 aromatic carbocycles. The number of halogens is 1. The van der Waals surface area contributed by atoms with E-state index in [0.29, 0.717) is 11.3 Å². The summed E-state index contributed by atoms with van der Waals surface area (Å²) in [4.78, 5) is 15.9. The number of hydrogen-bond donors (Lipinski definition) is 1.